The zero-order chi connectivity index (χ0) is 3.58. The van der Waals surface area contributed by atoms with Gasteiger partial charge >= 0.3 is 22.4 Å². The van der Waals surface area contributed by atoms with Crippen LogP contribution in [0.15, 0.2) is 0 Å². The molecule has 0 heterocycles. The SMILES string of the molecule is O=[N+]([O-])[O-].[Au+3].[CH3-].[CH3-]. The molecule has 0 aromatic heterocycles. The molecule has 7 heavy (non-hydrogen) atoms. The fourth-order valence-corrected chi connectivity index (χ4v) is 0. The van der Waals surface area contributed by atoms with E-state index in [1.165, 1.54) is 0 Å². The Morgan fingerprint density at radius 2 is 1.14 bits per heavy atom. The van der Waals surface area contributed by atoms with E-state index in [0.717, 1.165) is 0 Å². The summed E-state index contributed by atoms with van der Waals surface area (Å²) < 4.78 is 0. The van der Waals surface area contributed by atoms with Crippen molar-refractivity contribution in [1.82, 2.24) is 0 Å². The molecule has 0 rings (SSSR count). The predicted molar refractivity (Wildman–Crippen MR) is 23.2 cm³/mol. The van der Waals surface area contributed by atoms with Gasteiger partial charge in [-0.15, -0.1) is 0 Å². The summed E-state index contributed by atoms with van der Waals surface area (Å²) >= 11 is 0. The van der Waals surface area contributed by atoms with Gasteiger partial charge in [0.2, 0.25) is 0 Å². The second kappa shape index (κ2) is 16.8. The van der Waals surface area contributed by atoms with Crippen LogP contribution >= 0.6 is 0 Å². The molecule has 0 saturated carbocycles. The van der Waals surface area contributed by atoms with Crippen molar-refractivity contribution in [3.05, 3.63) is 30.2 Å². The third-order valence-electron chi connectivity index (χ3n) is 0. The molecule has 0 saturated heterocycles. The van der Waals surface area contributed by atoms with E-state index in [1.54, 1.807) is 0 Å². The van der Waals surface area contributed by atoms with E-state index in [0.29, 0.717) is 0 Å². The molecule has 0 radical (unpaired) electrons. The first-order valence-corrected chi connectivity index (χ1v) is 0.548. The van der Waals surface area contributed by atoms with Gasteiger partial charge < -0.3 is 30.2 Å². The average molecular weight is 289 g/mol. The normalized spacial score (nSPS) is 3.43. The topological polar surface area (TPSA) is 66.2 Å². The van der Waals surface area contributed by atoms with Crippen LogP contribution in [-0.4, -0.2) is 5.09 Å². The zero-order valence-corrected chi connectivity index (χ0v) is 6.14. The summed E-state index contributed by atoms with van der Waals surface area (Å²) in [7, 11) is 0. The van der Waals surface area contributed by atoms with Crippen LogP contribution in [-0.2, 0) is 22.4 Å². The summed E-state index contributed by atoms with van der Waals surface area (Å²) in [6, 6.07) is 0. The van der Waals surface area contributed by atoms with Crippen LogP contribution < -0.4 is 0 Å². The molecule has 0 aliphatic heterocycles. The van der Waals surface area contributed by atoms with Crippen LogP contribution in [0.5, 0.6) is 0 Å². The maximum Gasteiger partial charge on any atom is 3.00 e. The molecule has 0 aromatic rings. The summed E-state index contributed by atoms with van der Waals surface area (Å²) in [5, 5.41) is 14.8. The molecule has 0 aromatic carbocycles. The van der Waals surface area contributed by atoms with Crippen molar-refractivity contribution in [3.63, 3.8) is 0 Å². The fraction of sp³-hybridized carbons (Fsp3) is 0. The Morgan fingerprint density at radius 1 is 1.14 bits per heavy atom. The van der Waals surface area contributed by atoms with Gasteiger partial charge in [0.05, 0.1) is 5.09 Å². The van der Waals surface area contributed by atoms with Crippen LogP contribution in [0.4, 0.5) is 0 Å². The van der Waals surface area contributed by atoms with E-state index in [-0.39, 0.29) is 37.2 Å². The van der Waals surface area contributed by atoms with Gasteiger partial charge in [0.25, 0.3) is 0 Å². The second-order valence-corrected chi connectivity index (χ2v) is 0.224. The van der Waals surface area contributed by atoms with E-state index < -0.39 is 5.09 Å². The third-order valence-corrected chi connectivity index (χ3v) is 0. The van der Waals surface area contributed by atoms with Crippen LogP contribution in [0.1, 0.15) is 0 Å². The van der Waals surface area contributed by atoms with Crippen LogP contribution in [0.3, 0.4) is 0 Å². The van der Waals surface area contributed by atoms with Crippen LogP contribution in [0.2, 0.25) is 0 Å². The van der Waals surface area contributed by atoms with Crippen molar-refractivity contribution in [2.24, 2.45) is 0 Å². The second-order valence-electron chi connectivity index (χ2n) is 0.224. The Balaban J connectivity index is -0.0000000150. The summed E-state index contributed by atoms with van der Waals surface area (Å²) in [5.41, 5.74) is 0. The quantitative estimate of drug-likeness (QED) is 0.285. The van der Waals surface area contributed by atoms with Gasteiger partial charge in [-0.1, -0.05) is 0 Å². The molecule has 0 N–H and O–H groups in total. The minimum Gasteiger partial charge on any atom is -0.358 e. The van der Waals surface area contributed by atoms with E-state index in [1.807, 2.05) is 0 Å². The monoisotopic (exact) mass is 289 g/mol. The first-order valence-electron chi connectivity index (χ1n) is 0.548. The minimum atomic E-state index is -1.75. The van der Waals surface area contributed by atoms with Crippen molar-refractivity contribution in [3.8, 4) is 0 Å². The molecule has 4 nitrogen and oxygen atoms in total. The van der Waals surface area contributed by atoms with Gasteiger partial charge in [0, 0.05) is 0 Å². The van der Waals surface area contributed by atoms with E-state index >= 15 is 0 Å². The smallest absolute Gasteiger partial charge is 0.358 e. The predicted octanol–water partition coefficient (Wildman–Crippen LogP) is 0.659. The van der Waals surface area contributed by atoms with Crippen molar-refractivity contribution in [1.29, 1.82) is 0 Å². The first-order chi connectivity index (χ1) is 1.73. The molecule has 0 spiro atoms. The van der Waals surface area contributed by atoms with E-state index in [9.17, 15) is 0 Å². The Morgan fingerprint density at radius 3 is 1.14 bits per heavy atom. The van der Waals surface area contributed by atoms with Crippen molar-refractivity contribution in [2.45, 2.75) is 0 Å². The minimum absolute atomic E-state index is 0. The van der Waals surface area contributed by atoms with Gasteiger partial charge in [-0.05, 0) is 0 Å². The largest absolute Gasteiger partial charge is 3.00 e. The number of nitrogens with zero attached hydrogens (tertiary/aromatic N) is 1. The van der Waals surface area contributed by atoms with Crippen LogP contribution in [0, 0.1) is 30.2 Å². The molecule has 0 unspecified atom stereocenters. The molecule has 0 aliphatic carbocycles. The van der Waals surface area contributed by atoms with Crippen molar-refractivity contribution in [2.75, 3.05) is 0 Å². The summed E-state index contributed by atoms with van der Waals surface area (Å²) in [6.45, 7) is 0. The van der Waals surface area contributed by atoms with Crippen molar-refractivity contribution >= 4 is 0 Å². The van der Waals surface area contributed by atoms with Crippen molar-refractivity contribution < 1.29 is 27.5 Å². The molecule has 0 fully saturated rings. The maximum atomic E-state index is 8.25. The molecule has 48 valence electrons. The fourth-order valence-electron chi connectivity index (χ4n) is 0. The molecule has 0 aliphatic rings. The third kappa shape index (κ3) is 25800. The van der Waals surface area contributed by atoms with Gasteiger partial charge in [-0.3, -0.25) is 0 Å². The molecule has 0 atom stereocenters. The van der Waals surface area contributed by atoms with Gasteiger partial charge in [-0.2, -0.15) is 0 Å². The summed E-state index contributed by atoms with van der Waals surface area (Å²) in [5.74, 6) is 0. The average Bonchev–Trinajstić information content (AvgIpc) is 0.811. The molecule has 5 heteroatoms. The van der Waals surface area contributed by atoms with Gasteiger partial charge in [0.15, 0.2) is 0 Å². The summed E-state index contributed by atoms with van der Waals surface area (Å²) in [4.78, 5) is 8.25. The number of hydrogen-bond donors (Lipinski definition) is 0. The Labute approximate surface area is 58.2 Å². The van der Waals surface area contributed by atoms with E-state index in [4.69, 9.17) is 15.3 Å². The molecule has 0 amide bonds. The maximum absolute atomic E-state index is 8.25. The Hall–Kier alpha value is -0.0597. The number of hydrogen-bond acceptors (Lipinski definition) is 3. The van der Waals surface area contributed by atoms with Crippen LogP contribution in [0.25, 0.3) is 0 Å². The molecular weight excluding hydrogens is 283 g/mol. The Bertz CT molecular complexity index is 35.9. The summed E-state index contributed by atoms with van der Waals surface area (Å²) in [6.07, 6.45) is 0. The Kier molecular flexibility index (Phi) is 67.9. The molecule has 0 bridgehead atoms. The van der Waals surface area contributed by atoms with Gasteiger partial charge in [0.1, 0.15) is 0 Å². The number of rotatable bonds is 0. The standard InChI is InChI=1S/2CH3.Au.NO3/c;;;2-1(3)4/h2*1H3;;/q2*-1;+3;-1. The first kappa shape index (κ1) is 28.3. The van der Waals surface area contributed by atoms with Gasteiger partial charge in [-0.25, -0.2) is 0 Å². The molecular formula is C2H6AuNO3. The van der Waals surface area contributed by atoms with E-state index in [2.05, 4.69) is 0 Å². The zero-order valence-electron chi connectivity index (χ0n) is 3.97.